The van der Waals surface area contributed by atoms with Gasteiger partial charge >= 0.3 is 0 Å². The van der Waals surface area contributed by atoms with Crippen molar-refractivity contribution in [1.82, 2.24) is 0 Å². The number of hydrazone groups is 1. The second-order valence-electron chi connectivity index (χ2n) is 5.77. The van der Waals surface area contributed by atoms with E-state index in [9.17, 15) is 13.2 Å². The van der Waals surface area contributed by atoms with Crippen LogP contribution in [0.2, 0.25) is 0 Å². The molecule has 0 amide bonds. The summed E-state index contributed by atoms with van der Waals surface area (Å²) in [5.74, 6) is 1.20. The van der Waals surface area contributed by atoms with E-state index in [0.29, 0.717) is 22.8 Å². The lowest BCUT2D eigenvalue weighted by atomic mass is 10.1. The lowest BCUT2D eigenvalue weighted by molar-refractivity contribution is 0.101. The van der Waals surface area contributed by atoms with Crippen molar-refractivity contribution in [2.45, 2.75) is 11.8 Å². The van der Waals surface area contributed by atoms with Crippen LogP contribution in [-0.2, 0) is 10.0 Å². The summed E-state index contributed by atoms with van der Waals surface area (Å²) in [6, 6.07) is 16.6. The van der Waals surface area contributed by atoms with E-state index < -0.39 is 10.0 Å². The number of benzene rings is 2. The van der Waals surface area contributed by atoms with Gasteiger partial charge in [0.05, 0.1) is 16.8 Å². The van der Waals surface area contributed by atoms with Crippen LogP contribution in [0.15, 0.2) is 75.1 Å². The number of hydrogen-bond donors (Lipinski definition) is 2. The Labute approximate surface area is 156 Å². The highest BCUT2D eigenvalue weighted by molar-refractivity contribution is 7.89. The molecule has 8 heteroatoms. The maximum atomic E-state index is 11.3. The Kier molecular flexibility index (Phi) is 5.20. The zero-order chi connectivity index (χ0) is 19.4. The van der Waals surface area contributed by atoms with E-state index in [-0.39, 0.29) is 10.7 Å². The van der Waals surface area contributed by atoms with E-state index in [0.717, 1.165) is 5.56 Å². The molecule has 0 radical (unpaired) electrons. The van der Waals surface area contributed by atoms with Crippen molar-refractivity contribution in [2.75, 3.05) is 5.43 Å². The third-order valence-electron chi connectivity index (χ3n) is 3.77. The number of Topliss-reactive ketones (excluding diaryl/α,β-unsaturated/α-hetero) is 1. The Morgan fingerprint density at radius 3 is 2.30 bits per heavy atom. The molecule has 3 N–H and O–H groups in total. The van der Waals surface area contributed by atoms with E-state index >= 15 is 0 Å². The molecular weight excluding hydrogens is 366 g/mol. The van der Waals surface area contributed by atoms with Crippen LogP contribution in [0.5, 0.6) is 0 Å². The van der Waals surface area contributed by atoms with Crippen molar-refractivity contribution in [3.05, 3.63) is 72.0 Å². The number of carbonyl (C=O) groups is 1. The zero-order valence-electron chi connectivity index (χ0n) is 14.4. The minimum atomic E-state index is -3.71. The molecular formula is C19H17N3O4S. The Bertz CT molecular complexity index is 1080. The molecule has 1 heterocycles. The number of nitrogens with one attached hydrogen (secondary N) is 1. The predicted molar refractivity (Wildman–Crippen MR) is 103 cm³/mol. The first-order valence-electron chi connectivity index (χ1n) is 7.96. The van der Waals surface area contributed by atoms with Gasteiger partial charge in [-0.15, -0.1) is 0 Å². The van der Waals surface area contributed by atoms with Crippen molar-refractivity contribution in [3.63, 3.8) is 0 Å². The fraction of sp³-hybridized carbons (Fsp3) is 0.0526. The first-order chi connectivity index (χ1) is 12.8. The van der Waals surface area contributed by atoms with Gasteiger partial charge in [0.25, 0.3) is 0 Å². The Hall–Kier alpha value is -3.23. The molecule has 7 nitrogen and oxygen atoms in total. The van der Waals surface area contributed by atoms with Crippen LogP contribution in [0.1, 0.15) is 23.0 Å². The molecule has 0 aliphatic rings. The number of ketones is 1. The van der Waals surface area contributed by atoms with E-state index in [1.807, 2.05) is 18.2 Å². The van der Waals surface area contributed by atoms with Crippen LogP contribution < -0.4 is 10.6 Å². The van der Waals surface area contributed by atoms with Crippen molar-refractivity contribution in [1.29, 1.82) is 0 Å². The number of sulfonamides is 1. The van der Waals surface area contributed by atoms with Gasteiger partial charge in [0, 0.05) is 11.1 Å². The first-order valence-corrected chi connectivity index (χ1v) is 9.51. The number of primary sulfonamides is 1. The second kappa shape index (κ2) is 7.56. The molecule has 2 aromatic carbocycles. The summed E-state index contributed by atoms with van der Waals surface area (Å²) < 4.78 is 28.1. The number of hydrogen-bond acceptors (Lipinski definition) is 6. The zero-order valence-corrected chi connectivity index (χ0v) is 15.2. The molecule has 0 spiro atoms. The molecule has 3 aromatic rings. The average Bonchev–Trinajstić information content (AvgIpc) is 3.10. The van der Waals surface area contributed by atoms with Crippen LogP contribution in [0, 0.1) is 0 Å². The van der Waals surface area contributed by atoms with Crippen molar-refractivity contribution < 1.29 is 17.6 Å². The summed E-state index contributed by atoms with van der Waals surface area (Å²) in [7, 11) is -3.71. The van der Waals surface area contributed by atoms with Crippen LogP contribution in [0.25, 0.3) is 11.3 Å². The summed E-state index contributed by atoms with van der Waals surface area (Å²) in [6.07, 6.45) is 1.50. The minimum Gasteiger partial charge on any atom is -0.455 e. The van der Waals surface area contributed by atoms with Crippen LogP contribution in [-0.4, -0.2) is 20.4 Å². The number of nitrogens with zero attached hydrogens (tertiary/aromatic N) is 1. The summed E-state index contributed by atoms with van der Waals surface area (Å²) in [5, 5.41) is 9.10. The van der Waals surface area contributed by atoms with Gasteiger partial charge in [0.15, 0.2) is 5.78 Å². The maximum Gasteiger partial charge on any atom is 0.238 e. The third kappa shape index (κ3) is 4.69. The fourth-order valence-electron chi connectivity index (χ4n) is 2.34. The number of furan rings is 1. The van der Waals surface area contributed by atoms with Gasteiger partial charge in [0.2, 0.25) is 10.0 Å². The molecule has 27 heavy (non-hydrogen) atoms. The highest BCUT2D eigenvalue weighted by atomic mass is 32.2. The second-order valence-corrected chi connectivity index (χ2v) is 7.34. The van der Waals surface area contributed by atoms with Crippen molar-refractivity contribution in [2.24, 2.45) is 10.2 Å². The van der Waals surface area contributed by atoms with E-state index in [4.69, 9.17) is 9.56 Å². The summed E-state index contributed by atoms with van der Waals surface area (Å²) >= 11 is 0. The lowest BCUT2D eigenvalue weighted by Crippen LogP contribution is -2.11. The van der Waals surface area contributed by atoms with Gasteiger partial charge in [-0.05, 0) is 43.3 Å². The summed E-state index contributed by atoms with van der Waals surface area (Å²) in [5.41, 5.74) is 4.88. The largest absolute Gasteiger partial charge is 0.455 e. The minimum absolute atomic E-state index is 0.0111. The number of anilines is 1. The first kappa shape index (κ1) is 18.6. The standard InChI is InChI=1S/C19H17N3O4S/c1-13(23)14-2-4-15(5-3-14)19-11-8-17(26-19)12-21-22-16-6-9-18(10-7-16)27(20,24)25/h2-12,22H,1H3,(H2,20,24,25). The smallest absolute Gasteiger partial charge is 0.238 e. The molecule has 3 rings (SSSR count). The highest BCUT2D eigenvalue weighted by Crippen LogP contribution is 2.22. The monoisotopic (exact) mass is 383 g/mol. The SMILES string of the molecule is CC(=O)c1ccc(-c2ccc(C=NNc3ccc(S(N)(=O)=O)cc3)o2)cc1. The molecule has 138 valence electrons. The molecule has 0 aliphatic heterocycles. The van der Waals surface area contributed by atoms with Gasteiger partial charge in [-0.1, -0.05) is 24.3 Å². The summed E-state index contributed by atoms with van der Waals surface area (Å²) in [6.45, 7) is 1.52. The maximum absolute atomic E-state index is 11.3. The molecule has 0 fully saturated rings. The fourth-order valence-corrected chi connectivity index (χ4v) is 2.85. The van der Waals surface area contributed by atoms with Gasteiger partial charge in [-0.3, -0.25) is 10.2 Å². The Morgan fingerprint density at radius 1 is 1.04 bits per heavy atom. The van der Waals surface area contributed by atoms with E-state index in [1.165, 1.54) is 25.3 Å². The van der Waals surface area contributed by atoms with Gasteiger partial charge in [-0.25, -0.2) is 13.6 Å². The summed E-state index contributed by atoms with van der Waals surface area (Å²) in [4.78, 5) is 11.3. The molecule has 0 atom stereocenters. The van der Waals surface area contributed by atoms with Crippen molar-refractivity contribution in [3.8, 4) is 11.3 Å². The van der Waals surface area contributed by atoms with Gasteiger partial charge in [0.1, 0.15) is 11.5 Å². The Morgan fingerprint density at radius 2 is 1.70 bits per heavy atom. The van der Waals surface area contributed by atoms with Crippen LogP contribution in [0.3, 0.4) is 0 Å². The topological polar surface area (TPSA) is 115 Å². The highest BCUT2D eigenvalue weighted by Gasteiger charge is 2.07. The van der Waals surface area contributed by atoms with Crippen LogP contribution >= 0.6 is 0 Å². The number of nitrogens with two attached hydrogens (primary N) is 1. The molecule has 0 bridgehead atoms. The van der Waals surface area contributed by atoms with Gasteiger partial charge < -0.3 is 4.42 Å². The van der Waals surface area contributed by atoms with E-state index in [2.05, 4.69) is 10.5 Å². The lowest BCUT2D eigenvalue weighted by Gasteiger charge is -2.01. The molecule has 1 aromatic heterocycles. The third-order valence-corrected chi connectivity index (χ3v) is 4.70. The van der Waals surface area contributed by atoms with Gasteiger partial charge in [-0.2, -0.15) is 5.10 Å². The molecule has 0 unspecified atom stereocenters. The quantitative estimate of drug-likeness (QED) is 0.385. The number of carbonyl (C=O) groups excluding carboxylic acids is 1. The molecule has 0 saturated heterocycles. The molecule has 0 aliphatic carbocycles. The average molecular weight is 383 g/mol. The normalized spacial score (nSPS) is 11.6. The predicted octanol–water partition coefficient (Wildman–Crippen LogP) is 3.24. The van der Waals surface area contributed by atoms with Crippen molar-refractivity contribution >= 4 is 27.7 Å². The van der Waals surface area contributed by atoms with Crippen LogP contribution in [0.4, 0.5) is 5.69 Å². The molecule has 0 saturated carbocycles. The number of rotatable bonds is 6. The Balaban J connectivity index is 1.66. The van der Waals surface area contributed by atoms with E-state index in [1.54, 1.807) is 30.3 Å².